The second-order valence-electron chi connectivity index (χ2n) is 5.63. The van der Waals surface area contributed by atoms with Crippen LogP contribution < -0.4 is 5.32 Å². The largest absolute Gasteiger partial charge is 0.393 e. The second kappa shape index (κ2) is 6.90. The quantitative estimate of drug-likeness (QED) is 0.889. The van der Waals surface area contributed by atoms with Gasteiger partial charge >= 0.3 is 6.03 Å². The smallest absolute Gasteiger partial charge is 0.317 e. The molecule has 0 aliphatic heterocycles. The fourth-order valence-electron chi connectivity index (χ4n) is 2.72. The van der Waals surface area contributed by atoms with Crippen molar-refractivity contribution in [2.45, 2.75) is 31.9 Å². The molecule has 1 aliphatic carbocycles. The first-order valence-electron chi connectivity index (χ1n) is 7.06. The van der Waals surface area contributed by atoms with Crippen molar-refractivity contribution in [1.82, 2.24) is 14.8 Å². The summed E-state index contributed by atoms with van der Waals surface area (Å²) in [5.41, 5.74) is 0.840. The van der Waals surface area contributed by atoms with Crippen LogP contribution in [0.4, 0.5) is 4.79 Å². The Balaban J connectivity index is 1.84. The highest BCUT2D eigenvalue weighted by atomic mass is 35.5. The van der Waals surface area contributed by atoms with Crippen LogP contribution in [-0.4, -0.2) is 40.3 Å². The Morgan fingerprint density at radius 1 is 1.52 bits per heavy atom. The van der Waals surface area contributed by atoms with Crippen LogP contribution in [0.2, 0.25) is 10.2 Å². The molecule has 0 bridgehead atoms. The van der Waals surface area contributed by atoms with Gasteiger partial charge in [0, 0.05) is 32.3 Å². The number of carbonyl (C=O) groups is 1. The lowest BCUT2D eigenvalue weighted by Gasteiger charge is -2.23. The molecule has 2 atom stereocenters. The van der Waals surface area contributed by atoms with Gasteiger partial charge in [0.05, 0.1) is 17.7 Å². The minimum atomic E-state index is -0.286. The molecule has 0 saturated heterocycles. The van der Waals surface area contributed by atoms with E-state index in [9.17, 15) is 9.90 Å². The first-order valence-corrected chi connectivity index (χ1v) is 7.82. The maximum atomic E-state index is 12.1. The number of carbonyl (C=O) groups excluding carboxylic acids is 1. The van der Waals surface area contributed by atoms with Gasteiger partial charge in [-0.3, -0.25) is 0 Å². The Morgan fingerprint density at radius 2 is 2.24 bits per heavy atom. The molecule has 0 aromatic carbocycles. The van der Waals surface area contributed by atoms with Gasteiger partial charge in [-0.2, -0.15) is 0 Å². The highest BCUT2D eigenvalue weighted by Gasteiger charge is 2.27. The number of rotatable bonds is 4. The molecule has 2 amide bonds. The van der Waals surface area contributed by atoms with Crippen LogP contribution in [0, 0.1) is 5.92 Å². The zero-order valence-electron chi connectivity index (χ0n) is 12.3. The molecule has 1 saturated carbocycles. The van der Waals surface area contributed by atoms with Gasteiger partial charge in [0.25, 0.3) is 0 Å². The van der Waals surface area contributed by atoms with E-state index in [1.165, 1.54) is 0 Å². The number of nitrogens with one attached hydrogen (secondary N) is 1. The van der Waals surface area contributed by atoms with Crippen molar-refractivity contribution in [3.05, 3.63) is 21.9 Å². The number of hydrogen-bond donors (Lipinski definition) is 2. The van der Waals surface area contributed by atoms with Gasteiger partial charge in [-0.05, 0) is 18.9 Å². The summed E-state index contributed by atoms with van der Waals surface area (Å²) < 4.78 is 1.74. The SMILES string of the molecule is CN(CC1CCCC1O)C(=O)NCc1cc(Cl)c(Cl)n1C. The van der Waals surface area contributed by atoms with E-state index in [1.54, 1.807) is 29.6 Å². The summed E-state index contributed by atoms with van der Waals surface area (Å²) >= 11 is 11.9. The topological polar surface area (TPSA) is 57.5 Å². The third-order valence-electron chi connectivity index (χ3n) is 4.11. The van der Waals surface area contributed by atoms with Crippen molar-refractivity contribution >= 4 is 29.2 Å². The molecule has 1 fully saturated rings. The number of aliphatic hydroxyl groups excluding tert-OH is 1. The van der Waals surface area contributed by atoms with Crippen molar-refractivity contribution in [3.63, 3.8) is 0 Å². The third kappa shape index (κ3) is 3.84. The highest BCUT2D eigenvalue weighted by Crippen LogP contribution is 2.26. The fraction of sp³-hybridized carbons (Fsp3) is 0.643. The lowest BCUT2D eigenvalue weighted by Crippen LogP contribution is -2.41. The van der Waals surface area contributed by atoms with E-state index in [4.69, 9.17) is 23.2 Å². The maximum absolute atomic E-state index is 12.1. The van der Waals surface area contributed by atoms with Gasteiger partial charge in [-0.15, -0.1) is 0 Å². The monoisotopic (exact) mass is 333 g/mol. The van der Waals surface area contributed by atoms with Crippen LogP contribution in [-0.2, 0) is 13.6 Å². The van der Waals surface area contributed by atoms with Crippen LogP contribution in [0.3, 0.4) is 0 Å². The molecule has 2 rings (SSSR count). The number of aromatic nitrogens is 1. The van der Waals surface area contributed by atoms with Gasteiger partial charge in [0.15, 0.2) is 0 Å². The predicted molar refractivity (Wildman–Crippen MR) is 83.6 cm³/mol. The number of halogens is 2. The normalized spacial score (nSPS) is 21.6. The Kier molecular flexibility index (Phi) is 5.41. The minimum Gasteiger partial charge on any atom is -0.393 e. The van der Waals surface area contributed by atoms with Crippen LogP contribution in [0.25, 0.3) is 0 Å². The van der Waals surface area contributed by atoms with Crippen LogP contribution in [0.5, 0.6) is 0 Å². The third-order valence-corrected chi connectivity index (χ3v) is 4.95. The molecule has 2 N–H and O–H groups in total. The summed E-state index contributed by atoms with van der Waals surface area (Å²) in [6.07, 6.45) is 2.55. The molecule has 1 heterocycles. The molecular weight excluding hydrogens is 313 g/mol. The number of nitrogens with zero attached hydrogens (tertiary/aromatic N) is 2. The summed E-state index contributed by atoms with van der Waals surface area (Å²) in [4.78, 5) is 13.7. The molecule has 0 spiro atoms. The van der Waals surface area contributed by atoms with Gasteiger partial charge < -0.3 is 19.9 Å². The fourth-order valence-corrected chi connectivity index (χ4v) is 3.14. The Bertz CT molecular complexity index is 519. The number of aliphatic hydroxyl groups is 1. The number of hydrogen-bond acceptors (Lipinski definition) is 2. The van der Waals surface area contributed by atoms with Crippen molar-refractivity contribution in [3.8, 4) is 0 Å². The molecular formula is C14H21Cl2N3O2. The molecule has 5 nitrogen and oxygen atoms in total. The summed E-state index contributed by atoms with van der Waals surface area (Å²) in [6.45, 7) is 0.932. The van der Waals surface area contributed by atoms with Gasteiger partial charge in [0.2, 0.25) is 0 Å². The zero-order chi connectivity index (χ0) is 15.6. The van der Waals surface area contributed by atoms with E-state index < -0.39 is 0 Å². The first kappa shape index (κ1) is 16.5. The van der Waals surface area contributed by atoms with Gasteiger partial charge in [0.1, 0.15) is 5.15 Å². The van der Waals surface area contributed by atoms with E-state index in [0.29, 0.717) is 23.3 Å². The van der Waals surface area contributed by atoms with E-state index in [2.05, 4.69) is 5.32 Å². The van der Waals surface area contributed by atoms with Crippen molar-refractivity contribution in [2.24, 2.45) is 13.0 Å². The molecule has 0 radical (unpaired) electrons. The highest BCUT2D eigenvalue weighted by molar-refractivity contribution is 6.41. The molecule has 21 heavy (non-hydrogen) atoms. The van der Waals surface area contributed by atoms with E-state index >= 15 is 0 Å². The second-order valence-corrected chi connectivity index (χ2v) is 6.40. The summed E-state index contributed by atoms with van der Waals surface area (Å²) in [6, 6.07) is 1.58. The van der Waals surface area contributed by atoms with Crippen LogP contribution in [0.15, 0.2) is 6.07 Å². The van der Waals surface area contributed by atoms with Gasteiger partial charge in [-0.1, -0.05) is 29.6 Å². The van der Waals surface area contributed by atoms with E-state index in [0.717, 1.165) is 25.0 Å². The van der Waals surface area contributed by atoms with Crippen molar-refractivity contribution in [1.29, 1.82) is 0 Å². The molecule has 7 heteroatoms. The molecule has 2 unspecified atom stereocenters. The first-order chi connectivity index (χ1) is 9.90. The lowest BCUT2D eigenvalue weighted by atomic mass is 10.1. The number of urea groups is 1. The summed E-state index contributed by atoms with van der Waals surface area (Å²) in [7, 11) is 3.54. The maximum Gasteiger partial charge on any atom is 0.317 e. The van der Waals surface area contributed by atoms with Crippen LogP contribution in [0.1, 0.15) is 25.0 Å². The predicted octanol–water partition coefficient (Wildman–Crippen LogP) is 2.63. The van der Waals surface area contributed by atoms with E-state index in [1.807, 2.05) is 0 Å². The summed E-state index contributed by atoms with van der Waals surface area (Å²) in [5.74, 6) is 0.180. The number of amides is 2. The van der Waals surface area contributed by atoms with Gasteiger partial charge in [-0.25, -0.2) is 4.79 Å². The molecule has 1 aromatic rings. The molecule has 1 aliphatic rings. The average Bonchev–Trinajstić information content (AvgIpc) is 2.95. The lowest BCUT2D eigenvalue weighted by molar-refractivity contribution is 0.114. The minimum absolute atomic E-state index is 0.164. The molecule has 118 valence electrons. The Labute approximate surface area is 134 Å². The van der Waals surface area contributed by atoms with E-state index in [-0.39, 0.29) is 18.1 Å². The van der Waals surface area contributed by atoms with Crippen LogP contribution >= 0.6 is 23.2 Å². The average molecular weight is 334 g/mol. The van der Waals surface area contributed by atoms with Crippen molar-refractivity contribution in [2.75, 3.05) is 13.6 Å². The molecule has 1 aromatic heterocycles. The Morgan fingerprint density at radius 3 is 2.76 bits per heavy atom. The van der Waals surface area contributed by atoms with Crippen molar-refractivity contribution < 1.29 is 9.90 Å². The Hall–Kier alpha value is -0.910. The standard InChI is InChI=1S/C14H21Cl2N3O2/c1-18(8-9-4-3-5-12(9)20)14(21)17-7-10-6-11(15)13(16)19(10)2/h6,9,12,20H,3-5,7-8H2,1-2H3,(H,17,21). The summed E-state index contributed by atoms with van der Waals surface area (Å²) in [5, 5.41) is 13.6. The zero-order valence-corrected chi connectivity index (χ0v) is 13.8.